The van der Waals surface area contributed by atoms with Crippen molar-refractivity contribution in [2.24, 2.45) is 0 Å². The van der Waals surface area contributed by atoms with E-state index in [9.17, 15) is 9.59 Å². The number of hydrogen-bond donors (Lipinski definition) is 2. The molecule has 0 bridgehead atoms. The SMILES string of the molecule is C#C[C@H](C)NC(=O)NC1CCN(c2nccn(CC)c2=O)CC1. The monoisotopic (exact) mass is 317 g/mol. The van der Waals surface area contributed by atoms with Crippen molar-refractivity contribution >= 4 is 11.8 Å². The van der Waals surface area contributed by atoms with Crippen molar-refractivity contribution < 1.29 is 4.79 Å². The lowest BCUT2D eigenvalue weighted by molar-refractivity contribution is 0.233. The highest BCUT2D eigenvalue weighted by Gasteiger charge is 2.23. The average Bonchev–Trinajstić information content (AvgIpc) is 2.55. The van der Waals surface area contributed by atoms with E-state index in [0.29, 0.717) is 25.5 Å². The smallest absolute Gasteiger partial charge is 0.315 e. The summed E-state index contributed by atoms with van der Waals surface area (Å²) in [6.07, 6.45) is 10.1. The summed E-state index contributed by atoms with van der Waals surface area (Å²) in [4.78, 5) is 30.2. The predicted molar refractivity (Wildman–Crippen MR) is 89.4 cm³/mol. The Labute approximate surface area is 136 Å². The number of anilines is 1. The average molecular weight is 317 g/mol. The maximum Gasteiger partial charge on any atom is 0.315 e. The lowest BCUT2D eigenvalue weighted by atomic mass is 10.1. The van der Waals surface area contributed by atoms with E-state index >= 15 is 0 Å². The van der Waals surface area contributed by atoms with Crippen LogP contribution < -0.4 is 21.1 Å². The van der Waals surface area contributed by atoms with Gasteiger partial charge in [0.25, 0.3) is 5.56 Å². The van der Waals surface area contributed by atoms with Gasteiger partial charge in [-0.1, -0.05) is 5.92 Å². The zero-order valence-electron chi connectivity index (χ0n) is 13.6. The molecule has 1 fully saturated rings. The lowest BCUT2D eigenvalue weighted by Gasteiger charge is -2.32. The van der Waals surface area contributed by atoms with Gasteiger partial charge in [-0.05, 0) is 26.7 Å². The number of aryl methyl sites for hydroxylation is 1. The van der Waals surface area contributed by atoms with Gasteiger partial charge in [-0.3, -0.25) is 4.79 Å². The van der Waals surface area contributed by atoms with E-state index in [1.54, 1.807) is 23.9 Å². The predicted octanol–water partition coefficient (Wildman–Crippen LogP) is 0.553. The minimum absolute atomic E-state index is 0.0676. The molecule has 1 saturated heterocycles. The molecule has 0 unspecified atom stereocenters. The lowest BCUT2D eigenvalue weighted by Crippen LogP contribution is -2.50. The molecular weight excluding hydrogens is 294 g/mol. The van der Waals surface area contributed by atoms with Crippen LogP contribution in [-0.4, -0.2) is 40.8 Å². The maximum absolute atomic E-state index is 12.3. The van der Waals surface area contributed by atoms with Gasteiger partial charge in [-0.15, -0.1) is 6.42 Å². The fraction of sp³-hybridized carbons (Fsp3) is 0.562. The molecule has 0 radical (unpaired) electrons. The van der Waals surface area contributed by atoms with Crippen LogP contribution in [0.2, 0.25) is 0 Å². The highest BCUT2D eigenvalue weighted by Crippen LogP contribution is 2.14. The molecule has 7 heteroatoms. The number of nitrogens with one attached hydrogen (secondary N) is 2. The standard InChI is InChI=1S/C16H23N5O2/c1-4-12(3)18-16(23)19-13-6-9-21(10-7-13)14-15(22)20(5-2)11-8-17-14/h1,8,11-13H,5-7,9-10H2,2-3H3,(H2,18,19,23)/t12-/m0/s1. The van der Waals surface area contributed by atoms with Crippen molar-refractivity contribution in [3.05, 3.63) is 22.7 Å². The first-order chi connectivity index (χ1) is 11.0. The number of rotatable bonds is 4. The second-order valence-corrected chi connectivity index (χ2v) is 5.61. The van der Waals surface area contributed by atoms with Gasteiger partial charge in [-0.2, -0.15) is 0 Å². The Morgan fingerprint density at radius 3 is 2.83 bits per heavy atom. The number of carbonyl (C=O) groups is 1. The van der Waals surface area contributed by atoms with Crippen molar-refractivity contribution in [2.75, 3.05) is 18.0 Å². The quantitative estimate of drug-likeness (QED) is 0.795. The zero-order chi connectivity index (χ0) is 16.8. The van der Waals surface area contributed by atoms with E-state index in [-0.39, 0.29) is 23.7 Å². The van der Waals surface area contributed by atoms with E-state index in [0.717, 1.165) is 12.8 Å². The van der Waals surface area contributed by atoms with Crippen molar-refractivity contribution in [2.45, 2.75) is 45.3 Å². The van der Waals surface area contributed by atoms with Gasteiger partial charge in [-0.25, -0.2) is 9.78 Å². The number of urea groups is 1. The van der Waals surface area contributed by atoms with Crippen LogP contribution in [0.25, 0.3) is 0 Å². The number of carbonyl (C=O) groups excluding carboxylic acids is 1. The summed E-state index contributed by atoms with van der Waals surface area (Å²) in [6, 6.07) is -0.468. The molecule has 1 aliphatic heterocycles. The topological polar surface area (TPSA) is 79.3 Å². The van der Waals surface area contributed by atoms with E-state index in [1.807, 2.05) is 11.8 Å². The van der Waals surface area contributed by atoms with Gasteiger partial charge in [0, 0.05) is 38.1 Å². The molecule has 2 heterocycles. The van der Waals surface area contributed by atoms with E-state index in [4.69, 9.17) is 6.42 Å². The molecule has 1 atom stereocenters. The van der Waals surface area contributed by atoms with Crippen LogP contribution in [0, 0.1) is 12.3 Å². The van der Waals surface area contributed by atoms with Gasteiger partial charge in [0.05, 0.1) is 6.04 Å². The van der Waals surface area contributed by atoms with Crippen LogP contribution in [0.5, 0.6) is 0 Å². The fourth-order valence-corrected chi connectivity index (χ4v) is 2.60. The third-order valence-corrected chi connectivity index (χ3v) is 3.96. The molecule has 2 amide bonds. The molecule has 0 aliphatic carbocycles. The summed E-state index contributed by atoms with van der Waals surface area (Å²) < 4.78 is 1.64. The largest absolute Gasteiger partial charge is 0.352 e. The summed E-state index contributed by atoms with van der Waals surface area (Å²) in [5.41, 5.74) is -0.0676. The number of aromatic nitrogens is 2. The number of nitrogens with zero attached hydrogens (tertiary/aromatic N) is 3. The summed E-state index contributed by atoms with van der Waals surface area (Å²) in [7, 11) is 0. The Morgan fingerprint density at radius 1 is 1.52 bits per heavy atom. The molecule has 0 aromatic carbocycles. The number of piperidine rings is 1. The maximum atomic E-state index is 12.3. The second-order valence-electron chi connectivity index (χ2n) is 5.61. The summed E-state index contributed by atoms with van der Waals surface area (Å²) in [5.74, 6) is 2.94. The summed E-state index contributed by atoms with van der Waals surface area (Å²) in [6.45, 7) is 5.68. The van der Waals surface area contributed by atoms with Gasteiger partial charge < -0.3 is 20.1 Å². The Morgan fingerprint density at radius 2 is 2.22 bits per heavy atom. The number of hydrogen-bond acceptors (Lipinski definition) is 4. The van der Waals surface area contributed by atoms with Crippen molar-refractivity contribution in [3.63, 3.8) is 0 Å². The summed E-state index contributed by atoms with van der Waals surface area (Å²) in [5, 5.41) is 5.60. The number of amides is 2. The van der Waals surface area contributed by atoms with Crippen LogP contribution in [0.15, 0.2) is 17.2 Å². The van der Waals surface area contributed by atoms with Crippen LogP contribution in [0.3, 0.4) is 0 Å². The van der Waals surface area contributed by atoms with Gasteiger partial charge in [0.1, 0.15) is 0 Å². The van der Waals surface area contributed by atoms with Gasteiger partial charge in [0.2, 0.25) is 0 Å². The molecule has 0 saturated carbocycles. The molecule has 124 valence electrons. The molecule has 1 aromatic rings. The van der Waals surface area contributed by atoms with Crippen LogP contribution >= 0.6 is 0 Å². The van der Waals surface area contributed by atoms with Crippen LogP contribution in [0.4, 0.5) is 10.6 Å². The molecule has 0 spiro atoms. The Kier molecular flexibility index (Phi) is 5.63. The van der Waals surface area contributed by atoms with E-state index < -0.39 is 0 Å². The highest BCUT2D eigenvalue weighted by atomic mass is 16.2. The molecular formula is C16H23N5O2. The fourth-order valence-electron chi connectivity index (χ4n) is 2.60. The van der Waals surface area contributed by atoms with Crippen LogP contribution in [-0.2, 0) is 6.54 Å². The first-order valence-electron chi connectivity index (χ1n) is 7.88. The third-order valence-electron chi connectivity index (χ3n) is 3.96. The molecule has 2 N–H and O–H groups in total. The van der Waals surface area contributed by atoms with Gasteiger partial charge in [0.15, 0.2) is 5.82 Å². The molecule has 1 aromatic heterocycles. The molecule has 2 rings (SSSR count). The third kappa shape index (κ3) is 4.25. The van der Waals surface area contributed by atoms with Crippen molar-refractivity contribution in [1.29, 1.82) is 0 Å². The number of terminal acetylenes is 1. The Hall–Kier alpha value is -2.49. The normalized spacial score (nSPS) is 16.5. The second kappa shape index (κ2) is 7.68. The van der Waals surface area contributed by atoms with Crippen molar-refractivity contribution in [3.8, 4) is 12.3 Å². The first kappa shape index (κ1) is 16.9. The summed E-state index contributed by atoms with van der Waals surface area (Å²) >= 11 is 0. The highest BCUT2D eigenvalue weighted by molar-refractivity contribution is 5.75. The van der Waals surface area contributed by atoms with E-state index in [2.05, 4.69) is 21.5 Å². The van der Waals surface area contributed by atoms with Crippen molar-refractivity contribution in [1.82, 2.24) is 20.2 Å². The molecule has 7 nitrogen and oxygen atoms in total. The minimum Gasteiger partial charge on any atom is -0.352 e. The van der Waals surface area contributed by atoms with Crippen LogP contribution in [0.1, 0.15) is 26.7 Å². The van der Waals surface area contributed by atoms with E-state index in [1.165, 1.54) is 0 Å². The Balaban J connectivity index is 1.91. The minimum atomic E-state index is -0.295. The molecule has 23 heavy (non-hydrogen) atoms. The molecule has 1 aliphatic rings. The van der Waals surface area contributed by atoms with Gasteiger partial charge >= 0.3 is 6.03 Å². The Bertz CT molecular complexity index is 641. The first-order valence-corrected chi connectivity index (χ1v) is 7.88. The zero-order valence-corrected chi connectivity index (χ0v) is 13.6.